The van der Waals surface area contributed by atoms with Gasteiger partial charge in [-0.3, -0.25) is 47.8 Å². The monoisotopic (exact) mass is 1280 g/mol. The maximum atomic E-state index is 14.7. The number of aromatic nitrogens is 2. The Balaban J connectivity index is 0.691. The number of amides is 5. The number of carbonyl (C=O) groups excluding carboxylic acids is 8. The number of benzene rings is 4. The van der Waals surface area contributed by atoms with Gasteiger partial charge < -0.3 is 50.8 Å². The summed E-state index contributed by atoms with van der Waals surface area (Å²) in [6, 6.07) is 24.7. The lowest BCUT2D eigenvalue weighted by Crippen LogP contribution is -2.54. The van der Waals surface area contributed by atoms with Gasteiger partial charge in [-0.1, -0.05) is 75.4 Å². The molecule has 6 aromatic rings. The molecular formula is C68H81N8O13PS. The van der Waals surface area contributed by atoms with Crippen LogP contribution in [0.3, 0.4) is 0 Å². The molecule has 4 aliphatic heterocycles. The summed E-state index contributed by atoms with van der Waals surface area (Å²) in [7, 11) is -5.04. The fourth-order valence-electron chi connectivity index (χ4n) is 13.3. The van der Waals surface area contributed by atoms with Crippen molar-refractivity contribution in [2.45, 2.75) is 155 Å². The molecule has 4 aliphatic rings. The van der Waals surface area contributed by atoms with E-state index in [9.17, 15) is 57.8 Å². The molecule has 7 atom stereocenters. The van der Waals surface area contributed by atoms with Crippen molar-refractivity contribution < 1.29 is 62.6 Å². The normalized spacial score (nSPS) is 19.6. The number of fused-ring (bicyclic) bond motifs is 1. The number of ketones is 2. The number of carbonyl (C=O) groups is 8. The maximum Gasteiger partial charge on any atom is 0.396 e. The maximum absolute atomic E-state index is 14.7. The molecule has 23 heteroatoms. The fourth-order valence-corrected chi connectivity index (χ4v) is 14.5. The van der Waals surface area contributed by atoms with Gasteiger partial charge in [0.25, 0.3) is 5.52 Å². The highest BCUT2D eigenvalue weighted by Crippen LogP contribution is 2.43. The summed E-state index contributed by atoms with van der Waals surface area (Å²) in [6.45, 7) is 11.7. The number of Topliss-reactive ketones (excluding diaryl/α,β-unsaturated/α-hetero) is 2. The molecule has 10 rings (SSSR count). The van der Waals surface area contributed by atoms with Gasteiger partial charge in [-0.15, -0.1) is 11.3 Å². The molecule has 2 aromatic heterocycles. The first-order valence-electron chi connectivity index (χ1n) is 31.3. The van der Waals surface area contributed by atoms with Crippen molar-refractivity contribution in [2.75, 3.05) is 29.4 Å². The lowest BCUT2D eigenvalue weighted by molar-refractivity contribution is -0.146. The quantitative estimate of drug-likeness (QED) is 0.0210. The summed E-state index contributed by atoms with van der Waals surface area (Å²) in [5, 5.41) is 17.2. The largest absolute Gasteiger partial charge is 0.396 e. The average molecular weight is 1280 g/mol. The fraction of sp³-hybridized carbons (Fsp3) is 0.456. The number of nitrogens with one attached hydrogen (secondary N) is 3. The molecule has 0 bridgehead atoms. The van der Waals surface area contributed by atoms with Crippen molar-refractivity contribution in [3.8, 4) is 10.4 Å². The summed E-state index contributed by atoms with van der Waals surface area (Å²) < 4.78 is 18.0. The molecule has 21 nitrogen and oxygen atoms in total. The Kier molecular flexibility index (Phi) is 20.4. The van der Waals surface area contributed by atoms with E-state index in [1.807, 2.05) is 107 Å². The molecule has 0 radical (unpaired) electrons. The van der Waals surface area contributed by atoms with E-state index in [2.05, 4.69) is 25.5 Å². The predicted octanol–water partition coefficient (Wildman–Crippen LogP) is 8.26. The lowest BCUT2D eigenvalue weighted by Gasteiger charge is -2.35. The molecule has 0 unspecified atom stereocenters. The molecule has 8 N–H and O–H groups in total. The number of ether oxygens (including phenoxy) is 1. The van der Waals surface area contributed by atoms with Crippen LogP contribution in [0.2, 0.25) is 0 Å². The van der Waals surface area contributed by atoms with Crippen LogP contribution in [0.15, 0.2) is 96.5 Å². The van der Waals surface area contributed by atoms with Gasteiger partial charge in [0.2, 0.25) is 29.5 Å². The Hall–Kier alpha value is -7.72. The number of anilines is 2. The highest BCUT2D eigenvalue weighted by atomic mass is 32.1. The van der Waals surface area contributed by atoms with Gasteiger partial charge >= 0.3 is 7.60 Å². The number of aliphatic hydroxyl groups is 1. The van der Waals surface area contributed by atoms with Gasteiger partial charge in [-0.05, 0) is 128 Å². The zero-order chi connectivity index (χ0) is 65.1. The van der Waals surface area contributed by atoms with Crippen LogP contribution in [0.4, 0.5) is 11.4 Å². The number of aromatic amines is 1. The molecular weight excluding hydrogens is 1200 g/mol. The predicted molar refractivity (Wildman–Crippen MR) is 345 cm³/mol. The van der Waals surface area contributed by atoms with E-state index in [-0.39, 0.29) is 93.0 Å². The zero-order valence-corrected chi connectivity index (χ0v) is 53.7. The molecule has 5 amide bonds. The first-order valence-corrected chi connectivity index (χ1v) is 33.8. The number of hydrogen-bond donors (Lipinski definition) is 7. The summed E-state index contributed by atoms with van der Waals surface area (Å²) in [4.78, 5) is 142. The van der Waals surface area contributed by atoms with Crippen LogP contribution >= 0.6 is 18.9 Å². The third kappa shape index (κ3) is 15.6. The van der Waals surface area contributed by atoms with Crippen molar-refractivity contribution in [3.05, 3.63) is 136 Å². The van der Waals surface area contributed by atoms with Crippen LogP contribution in [-0.2, 0) is 64.1 Å². The topological polar surface area (TPSA) is 312 Å². The number of β-amino-alcohol motifs (C(OH)–C–C–N with tert-alkyl or cyclic N) is 1. The first kappa shape index (κ1) is 66.2. The van der Waals surface area contributed by atoms with Crippen LogP contribution in [0, 0.1) is 30.1 Å². The Bertz CT molecular complexity index is 3770. The molecule has 0 saturated carbocycles. The van der Waals surface area contributed by atoms with Crippen LogP contribution < -0.4 is 26.2 Å². The van der Waals surface area contributed by atoms with Crippen LogP contribution in [0.25, 0.3) is 21.3 Å². The molecule has 91 heavy (non-hydrogen) atoms. The van der Waals surface area contributed by atoms with Gasteiger partial charge in [0.1, 0.15) is 17.9 Å². The molecule has 2 saturated heterocycles. The first-order chi connectivity index (χ1) is 43.3. The standard InChI is InChI=1S/C68H81N8O13PS/c1-39-62(91-38-71-39)45-14-9-42(10-15-45)35-70-63(81)57-34-52(78)36-75(57)66(84)53(68(3,4)5)33-51(77)21-13-41-25-27-74(28-26-41)50-19-11-43(12-20-50)37-89-40(2)54(23-24-60(69)80)73-64(82)58-31-46-8-6-7-44-16-17-47(65(83)76(58)61(44)46)32-59(79)56-30-49-29-48(18-22-55(49)72-56)67(85)90(86,87)88/h6-12,14-15,18-20,22,29-30,38,40-41,47,52-54,57-58,72,78H,13,16-17,21,23-28,31-37H2,1-5H3,(H2,69,80)(H,70,81)(H,73,82)(H2,86,87,88)/t40-,47-,52-,53-,54+,57+,58+/m1/s1. The smallest absolute Gasteiger partial charge is 0.391 e. The summed E-state index contributed by atoms with van der Waals surface area (Å²) in [5.74, 6) is -3.54. The number of rotatable bonds is 25. The second-order valence-corrected chi connectivity index (χ2v) is 28.4. The Morgan fingerprint density at radius 2 is 1.60 bits per heavy atom. The van der Waals surface area contributed by atoms with E-state index in [1.165, 1.54) is 34.1 Å². The molecule has 482 valence electrons. The summed E-state index contributed by atoms with van der Waals surface area (Å²) in [6.07, 6.45) is 2.56. The van der Waals surface area contributed by atoms with Crippen molar-refractivity contribution in [1.82, 2.24) is 25.5 Å². The van der Waals surface area contributed by atoms with Crippen molar-refractivity contribution >= 4 is 87.8 Å². The Morgan fingerprint density at radius 1 is 0.890 bits per heavy atom. The van der Waals surface area contributed by atoms with Crippen molar-refractivity contribution in [3.63, 3.8) is 0 Å². The molecule has 6 heterocycles. The summed E-state index contributed by atoms with van der Waals surface area (Å²) in [5.41, 5.74) is 13.1. The number of piperidine rings is 1. The third-order valence-electron chi connectivity index (χ3n) is 18.6. The average Bonchev–Trinajstić information content (AvgIpc) is 1.62. The van der Waals surface area contributed by atoms with E-state index in [1.54, 1.807) is 11.3 Å². The van der Waals surface area contributed by atoms with E-state index in [4.69, 9.17) is 10.5 Å². The van der Waals surface area contributed by atoms with E-state index in [0.29, 0.717) is 48.2 Å². The number of nitrogens with two attached hydrogens (primary N) is 1. The van der Waals surface area contributed by atoms with E-state index >= 15 is 0 Å². The highest BCUT2D eigenvalue weighted by Gasteiger charge is 2.46. The number of primary amides is 1. The Morgan fingerprint density at radius 3 is 2.29 bits per heavy atom. The number of H-pyrrole nitrogens is 1. The molecule has 4 aromatic carbocycles. The third-order valence-corrected chi connectivity index (χ3v) is 20.4. The molecule has 2 fully saturated rings. The van der Waals surface area contributed by atoms with E-state index < -0.39 is 78.3 Å². The number of para-hydroxylation sites is 1. The van der Waals surface area contributed by atoms with Gasteiger partial charge in [-0.25, -0.2) is 4.98 Å². The number of likely N-dealkylation sites (tertiary alicyclic amines) is 1. The molecule has 0 spiro atoms. The van der Waals surface area contributed by atoms with Gasteiger partial charge in [0.15, 0.2) is 5.78 Å². The van der Waals surface area contributed by atoms with Crippen molar-refractivity contribution in [2.24, 2.45) is 28.9 Å². The number of thiazole rings is 1. The molecule has 0 aliphatic carbocycles. The zero-order valence-electron chi connectivity index (χ0n) is 52.0. The van der Waals surface area contributed by atoms with Crippen LogP contribution in [0.1, 0.15) is 141 Å². The highest BCUT2D eigenvalue weighted by molar-refractivity contribution is 7.70. The van der Waals surface area contributed by atoms with Crippen molar-refractivity contribution in [1.29, 1.82) is 0 Å². The van der Waals surface area contributed by atoms with Crippen LogP contribution in [-0.4, -0.2) is 126 Å². The number of aryl methyl sites for hydroxylation is 2. The number of nitrogens with zero attached hydrogens (tertiary/aromatic N) is 4. The van der Waals surface area contributed by atoms with Gasteiger partial charge in [-0.2, -0.15) is 0 Å². The van der Waals surface area contributed by atoms with Crippen LogP contribution in [0.5, 0.6) is 0 Å². The Labute approximate surface area is 533 Å². The second-order valence-electron chi connectivity index (χ2n) is 26.1. The minimum absolute atomic E-state index is 0.00513. The SMILES string of the molecule is Cc1ncsc1-c1ccc(CNC(=O)[C@@H]2C[C@@H](O)CN2C(=O)[C@@H](CC(=O)CCC2CCN(c3ccc(CO[C@H](C)[C@H](CCC(N)=O)NC(=O)[C@@H]4Cc5cccc6c5N4C(=O)[C@@H](CC(=O)c4cc5cc(C(=O)P(=O)(O)O)ccc5[nH]4)CC6)cc3)CC2)C(C)(C)C)cc1. The van der Waals surface area contributed by atoms with Gasteiger partial charge in [0.05, 0.1) is 52.3 Å². The second kappa shape index (κ2) is 28.0. The number of aliphatic hydroxyl groups excluding tert-OH is 1. The number of hydrogen-bond acceptors (Lipinski definition) is 14. The van der Waals surface area contributed by atoms with Gasteiger partial charge in [0, 0.05) is 98.7 Å². The minimum atomic E-state index is -5.04. The van der Waals surface area contributed by atoms with E-state index in [0.717, 1.165) is 70.0 Å². The minimum Gasteiger partial charge on any atom is -0.391 e. The summed E-state index contributed by atoms with van der Waals surface area (Å²) >= 11 is 1.57. The lowest BCUT2D eigenvalue weighted by atomic mass is 9.76.